The Morgan fingerprint density at radius 3 is 1.24 bits per heavy atom. The summed E-state index contributed by atoms with van der Waals surface area (Å²) in [7, 11) is 0. The zero-order chi connectivity index (χ0) is 59.6. The van der Waals surface area contributed by atoms with Gasteiger partial charge in [0.05, 0.1) is 22.7 Å². The first kappa shape index (κ1) is 51.8. The number of hydrogen-bond acceptors (Lipinski definition) is 7. The van der Waals surface area contributed by atoms with E-state index in [0.717, 1.165) is 130 Å². The Balaban J connectivity index is 0.924. The molecule has 13 aromatic rings. The molecule has 0 spiro atoms. The van der Waals surface area contributed by atoms with Gasteiger partial charge < -0.3 is 34.0 Å². The number of hydrogen-bond donors (Lipinski definition) is 0. The summed E-state index contributed by atoms with van der Waals surface area (Å²) in [5.74, 6) is 3.19. The van der Waals surface area contributed by atoms with Gasteiger partial charge in [-0.2, -0.15) is 0 Å². The summed E-state index contributed by atoms with van der Waals surface area (Å²) in [5, 5.41) is 0. The predicted octanol–water partition coefficient (Wildman–Crippen LogP) is 17.5. The van der Waals surface area contributed by atoms with Gasteiger partial charge in [-0.3, -0.25) is 0 Å². The topological polar surface area (TPSA) is 34.7 Å². The van der Waals surface area contributed by atoms with E-state index in [2.05, 4.69) is 348 Å². The molecule has 424 valence electrons. The molecule has 9 heteroatoms. The zero-order valence-corrected chi connectivity index (χ0v) is 49.7. The average Bonchev–Trinajstić information content (AvgIpc) is 0.699. The summed E-state index contributed by atoms with van der Waals surface area (Å²) < 4.78 is 15.5. The lowest BCUT2D eigenvalue weighted by molar-refractivity contribution is 0.453. The van der Waals surface area contributed by atoms with Crippen LogP contribution in [-0.4, -0.2) is 13.4 Å². The number of nitrogens with zero attached hydrogens (tertiary/aromatic N) is 5. The molecule has 0 radical (unpaired) electrons. The van der Waals surface area contributed by atoms with Crippen LogP contribution in [0.1, 0.15) is 25.0 Å². The molecule has 0 aliphatic carbocycles. The molecule has 0 N–H and O–H groups in total. The summed E-state index contributed by atoms with van der Waals surface area (Å²) in [6, 6.07) is 112. The molecule has 5 aliphatic heterocycles. The maximum atomic E-state index is 7.78. The van der Waals surface area contributed by atoms with Crippen LogP contribution >= 0.6 is 0 Å². The van der Waals surface area contributed by atoms with Crippen molar-refractivity contribution in [1.29, 1.82) is 0 Å². The zero-order valence-electron chi connectivity index (χ0n) is 49.7. The van der Waals surface area contributed by atoms with E-state index in [1.165, 1.54) is 22.0 Å². The van der Waals surface area contributed by atoms with Gasteiger partial charge in [-0.1, -0.05) is 190 Å². The van der Waals surface area contributed by atoms with E-state index in [-0.39, 0.29) is 13.4 Å². The van der Waals surface area contributed by atoms with E-state index in [1.807, 2.05) is 0 Å². The second-order valence-corrected chi connectivity index (χ2v) is 24.4. The number of para-hydroxylation sites is 9. The molecular weight excluding hydrogens is 1100 g/mol. The first-order chi connectivity index (χ1) is 44.4. The van der Waals surface area contributed by atoms with Crippen molar-refractivity contribution in [2.24, 2.45) is 0 Å². The molecule has 7 nitrogen and oxygen atoms in total. The van der Waals surface area contributed by atoms with Crippen LogP contribution < -0.4 is 66.8 Å². The first-order valence-corrected chi connectivity index (χ1v) is 31.1. The van der Waals surface area contributed by atoms with Crippen LogP contribution in [-0.2, 0) is 5.41 Å². The Morgan fingerprint density at radius 2 is 0.711 bits per heavy atom. The molecule has 0 aromatic heterocycles. The predicted molar refractivity (Wildman–Crippen MR) is 374 cm³/mol. The highest BCUT2D eigenvalue weighted by molar-refractivity contribution is 7.02. The van der Waals surface area contributed by atoms with Crippen molar-refractivity contribution in [2.75, 3.05) is 24.5 Å². The van der Waals surface area contributed by atoms with Crippen molar-refractivity contribution in [1.82, 2.24) is 0 Å². The van der Waals surface area contributed by atoms with Gasteiger partial charge >= 0.3 is 0 Å². The molecule has 5 aliphatic rings. The molecule has 0 amide bonds. The highest BCUT2D eigenvalue weighted by Gasteiger charge is 2.50. The molecule has 0 bridgehead atoms. The lowest BCUT2D eigenvalue weighted by atomic mass is 9.30. The molecule has 0 unspecified atom stereocenters. The highest BCUT2D eigenvalue weighted by Crippen LogP contribution is 2.57. The van der Waals surface area contributed by atoms with Crippen molar-refractivity contribution in [3.05, 3.63) is 321 Å². The summed E-state index contributed by atoms with van der Waals surface area (Å²) in [5.41, 5.74) is 24.8. The lowest BCUT2D eigenvalue weighted by Crippen LogP contribution is -2.64. The van der Waals surface area contributed by atoms with Gasteiger partial charge in [0.1, 0.15) is 23.0 Å². The number of benzene rings is 13. The SMILES string of the molecule is CC1(C)c2ccccc2N(c2ccccc2)c2ccc3c(c21)Oc1cc(N(c2ccccc2)c2ccccc2)cc2c1B3c1cc3c(cc1O2)N(c1ccccc1)c1cc(N(c2ccccc2)c2ccccc2)cc2c1B3c1ccccc1N2c1ccccc1. The molecule has 90 heavy (non-hydrogen) atoms. The van der Waals surface area contributed by atoms with Crippen LogP contribution in [0.25, 0.3) is 0 Å². The first-order valence-electron chi connectivity index (χ1n) is 31.1. The monoisotopic (exact) mass is 1150 g/mol. The summed E-state index contributed by atoms with van der Waals surface area (Å²) in [4.78, 5) is 12.1. The number of anilines is 15. The molecule has 13 aromatic carbocycles. The van der Waals surface area contributed by atoms with Crippen LogP contribution in [0.5, 0.6) is 23.0 Å². The molecule has 5 heterocycles. The Kier molecular flexibility index (Phi) is 11.7. The maximum Gasteiger partial charge on any atom is 0.260 e. The van der Waals surface area contributed by atoms with E-state index >= 15 is 0 Å². The van der Waals surface area contributed by atoms with Crippen molar-refractivity contribution < 1.29 is 9.47 Å². The fraction of sp³-hybridized carbons (Fsp3) is 0.0370. The minimum Gasteiger partial charge on any atom is -0.458 e. The summed E-state index contributed by atoms with van der Waals surface area (Å²) >= 11 is 0. The molecule has 0 atom stereocenters. The third-order valence-electron chi connectivity index (χ3n) is 19.0. The van der Waals surface area contributed by atoms with Crippen LogP contribution in [0.2, 0.25) is 0 Å². The van der Waals surface area contributed by atoms with Gasteiger partial charge in [-0.25, -0.2) is 0 Å². The van der Waals surface area contributed by atoms with Gasteiger partial charge in [0.15, 0.2) is 0 Å². The van der Waals surface area contributed by atoms with Crippen molar-refractivity contribution in [2.45, 2.75) is 19.3 Å². The van der Waals surface area contributed by atoms with Gasteiger partial charge in [-0.15, -0.1) is 0 Å². The van der Waals surface area contributed by atoms with Gasteiger partial charge in [0.2, 0.25) is 0 Å². The van der Waals surface area contributed by atoms with E-state index in [0.29, 0.717) is 0 Å². The Hall–Kier alpha value is -11.4. The Bertz CT molecular complexity index is 4880. The van der Waals surface area contributed by atoms with Crippen LogP contribution in [0.15, 0.2) is 309 Å². The normalized spacial score (nSPS) is 13.8. The van der Waals surface area contributed by atoms with Crippen LogP contribution in [0.4, 0.5) is 85.3 Å². The van der Waals surface area contributed by atoms with E-state index in [1.54, 1.807) is 0 Å². The minimum absolute atomic E-state index is 0.186. The Morgan fingerprint density at radius 1 is 0.289 bits per heavy atom. The van der Waals surface area contributed by atoms with E-state index in [4.69, 9.17) is 9.47 Å². The van der Waals surface area contributed by atoms with Crippen LogP contribution in [0, 0.1) is 0 Å². The lowest BCUT2D eigenvalue weighted by Gasteiger charge is -2.46. The van der Waals surface area contributed by atoms with Crippen molar-refractivity contribution in [3.8, 4) is 23.0 Å². The molecule has 0 saturated carbocycles. The highest BCUT2D eigenvalue weighted by atomic mass is 16.5. The van der Waals surface area contributed by atoms with Crippen molar-refractivity contribution >= 4 is 132 Å². The van der Waals surface area contributed by atoms with E-state index in [9.17, 15) is 0 Å². The largest absolute Gasteiger partial charge is 0.458 e. The third kappa shape index (κ3) is 7.88. The second kappa shape index (κ2) is 20.3. The standard InChI is InChI=1S/C81H57B2N5O2/c1-81(2)63-42-24-26-44-68(63)86(58-36-18-7-19-37-58)70-47-46-65-80(77(70)81)90-76-51-62(85(56-32-14-5-15-33-56)57-34-16-6-17-35-57)50-75-79(76)83(65)67-52-66-71(53-74(67)89-75)88(60-40-22-9-23-41-60)73-49-61(84(54-28-10-3-11-29-54)55-30-12-4-13-31-55)48-72-78(73)82(66)64-43-25-27-45-69(64)87(72)59-38-20-8-21-39-59/h3-53H,1-2H3. The van der Waals surface area contributed by atoms with Crippen LogP contribution in [0.3, 0.4) is 0 Å². The average molecular weight is 1150 g/mol. The third-order valence-corrected chi connectivity index (χ3v) is 19.0. The number of fused-ring (bicyclic) bond motifs is 11. The molecule has 18 rings (SSSR count). The molecule has 0 fully saturated rings. The van der Waals surface area contributed by atoms with Gasteiger partial charge in [0, 0.05) is 97.2 Å². The number of ether oxygens (including phenoxy) is 2. The van der Waals surface area contributed by atoms with Gasteiger partial charge in [0.25, 0.3) is 13.4 Å². The fourth-order valence-corrected chi connectivity index (χ4v) is 15.2. The quantitative estimate of drug-likeness (QED) is 0.133. The fourth-order valence-electron chi connectivity index (χ4n) is 15.2. The summed E-state index contributed by atoms with van der Waals surface area (Å²) in [6.07, 6.45) is 0. The van der Waals surface area contributed by atoms with Crippen molar-refractivity contribution in [3.63, 3.8) is 0 Å². The molecular formula is C81H57B2N5O2. The Labute approximate surface area is 525 Å². The smallest absolute Gasteiger partial charge is 0.260 e. The van der Waals surface area contributed by atoms with E-state index < -0.39 is 5.41 Å². The molecule has 0 saturated heterocycles. The van der Waals surface area contributed by atoms with Gasteiger partial charge in [-0.05, 0) is 148 Å². The number of rotatable bonds is 9. The second-order valence-electron chi connectivity index (χ2n) is 24.4. The minimum atomic E-state index is -0.480. The maximum absolute atomic E-state index is 7.78. The summed E-state index contributed by atoms with van der Waals surface area (Å²) in [6.45, 7) is 4.26.